The van der Waals surface area contributed by atoms with Crippen molar-refractivity contribution >= 4 is 22.0 Å². The Bertz CT molecular complexity index is 441. The molecule has 0 aliphatic carbocycles. The Labute approximate surface area is 127 Å². The van der Waals surface area contributed by atoms with Crippen LogP contribution < -0.4 is 5.32 Å². The van der Waals surface area contributed by atoms with Crippen LogP contribution in [0.4, 0.5) is 4.79 Å². The standard InChI is InChI=1S/C14H21BrN2O3/c1-10(16-9-12-3-4-13(15)20-12)11-5-7-17(8-6-11)14(18)19-2/h3-4,10-11,16H,5-9H2,1-2H3/t10-/m0/s1. The van der Waals surface area contributed by atoms with Crippen LogP contribution in [0.25, 0.3) is 0 Å². The zero-order chi connectivity index (χ0) is 14.5. The highest BCUT2D eigenvalue weighted by atomic mass is 79.9. The van der Waals surface area contributed by atoms with Crippen LogP contribution in [0.2, 0.25) is 0 Å². The van der Waals surface area contributed by atoms with Crippen molar-refractivity contribution in [3.8, 4) is 0 Å². The molecule has 0 radical (unpaired) electrons. The monoisotopic (exact) mass is 344 g/mol. The molecular weight excluding hydrogens is 324 g/mol. The number of hydrogen-bond acceptors (Lipinski definition) is 4. The van der Waals surface area contributed by atoms with Gasteiger partial charge in [0.25, 0.3) is 0 Å². The van der Waals surface area contributed by atoms with Gasteiger partial charge in [-0.05, 0) is 53.7 Å². The van der Waals surface area contributed by atoms with E-state index in [1.165, 1.54) is 7.11 Å². The lowest BCUT2D eigenvalue weighted by atomic mass is 9.90. The number of carbonyl (C=O) groups is 1. The fourth-order valence-corrected chi connectivity index (χ4v) is 2.93. The molecule has 20 heavy (non-hydrogen) atoms. The summed E-state index contributed by atoms with van der Waals surface area (Å²) in [5.74, 6) is 1.50. The summed E-state index contributed by atoms with van der Waals surface area (Å²) in [6.07, 6.45) is 1.79. The number of piperidine rings is 1. The van der Waals surface area contributed by atoms with Crippen LogP contribution in [-0.2, 0) is 11.3 Å². The summed E-state index contributed by atoms with van der Waals surface area (Å²) < 4.78 is 11.0. The van der Waals surface area contributed by atoms with E-state index >= 15 is 0 Å². The van der Waals surface area contributed by atoms with Crippen molar-refractivity contribution in [1.82, 2.24) is 10.2 Å². The van der Waals surface area contributed by atoms with Crippen molar-refractivity contribution in [3.63, 3.8) is 0 Å². The summed E-state index contributed by atoms with van der Waals surface area (Å²) in [6, 6.07) is 4.26. The predicted octanol–water partition coefficient (Wildman–Crippen LogP) is 3.00. The van der Waals surface area contributed by atoms with Crippen molar-refractivity contribution in [2.24, 2.45) is 5.92 Å². The van der Waals surface area contributed by atoms with Gasteiger partial charge in [-0.25, -0.2) is 4.79 Å². The lowest BCUT2D eigenvalue weighted by Crippen LogP contribution is -2.43. The van der Waals surface area contributed by atoms with E-state index in [9.17, 15) is 4.79 Å². The first kappa shape index (κ1) is 15.4. The molecule has 5 nitrogen and oxygen atoms in total. The van der Waals surface area contributed by atoms with Crippen LogP contribution in [0.3, 0.4) is 0 Å². The Balaban J connectivity index is 1.74. The number of amides is 1. The van der Waals surface area contributed by atoms with Gasteiger partial charge in [0.1, 0.15) is 5.76 Å². The largest absolute Gasteiger partial charge is 0.453 e. The zero-order valence-corrected chi connectivity index (χ0v) is 13.5. The van der Waals surface area contributed by atoms with Gasteiger partial charge < -0.3 is 19.4 Å². The third-order valence-corrected chi connectivity index (χ3v) is 4.33. The summed E-state index contributed by atoms with van der Waals surface area (Å²) in [4.78, 5) is 13.2. The molecule has 0 aromatic carbocycles. The number of likely N-dealkylation sites (tertiary alicyclic amines) is 1. The molecule has 1 atom stereocenters. The lowest BCUT2D eigenvalue weighted by molar-refractivity contribution is 0.101. The summed E-state index contributed by atoms with van der Waals surface area (Å²) in [5, 5.41) is 3.49. The van der Waals surface area contributed by atoms with E-state index in [1.54, 1.807) is 4.90 Å². The second-order valence-corrected chi connectivity index (χ2v) is 5.95. The first-order valence-corrected chi connectivity index (χ1v) is 7.70. The van der Waals surface area contributed by atoms with E-state index in [4.69, 9.17) is 9.15 Å². The van der Waals surface area contributed by atoms with E-state index in [0.717, 1.165) is 42.9 Å². The van der Waals surface area contributed by atoms with E-state index in [2.05, 4.69) is 28.2 Å². The number of nitrogens with zero attached hydrogens (tertiary/aromatic N) is 1. The highest BCUT2D eigenvalue weighted by Gasteiger charge is 2.26. The number of hydrogen-bond donors (Lipinski definition) is 1. The summed E-state index contributed by atoms with van der Waals surface area (Å²) in [7, 11) is 1.43. The van der Waals surface area contributed by atoms with Gasteiger partial charge in [-0.15, -0.1) is 0 Å². The van der Waals surface area contributed by atoms with Crippen LogP contribution in [0.15, 0.2) is 21.2 Å². The second kappa shape index (κ2) is 7.13. The van der Waals surface area contributed by atoms with E-state index < -0.39 is 0 Å². The van der Waals surface area contributed by atoms with Crippen LogP contribution in [0.5, 0.6) is 0 Å². The molecule has 1 amide bonds. The van der Waals surface area contributed by atoms with E-state index in [-0.39, 0.29) is 6.09 Å². The maximum Gasteiger partial charge on any atom is 0.409 e. The van der Waals surface area contributed by atoms with Crippen molar-refractivity contribution < 1.29 is 13.9 Å². The van der Waals surface area contributed by atoms with Gasteiger partial charge in [0.15, 0.2) is 4.67 Å². The SMILES string of the molecule is COC(=O)N1CCC([C@H](C)NCc2ccc(Br)o2)CC1. The van der Waals surface area contributed by atoms with E-state index in [0.29, 0.717) is 12.0 Å². The molecule has 1 aromatic heterocycles. The maximum absolute atomic E-state index is 11.4. The van der Waals surface area contributed by atoms with Gasteiger partial charge in [-0.1, -0.05) is 0 Å². The highest BCUT2D eigenvalue weighted by Crippen LogP contribution is 2.21. The molecule has 112 valence electrons. The summed E-state index contributed by atoms with van der Waals surface area (Å²) >= 11 is 3.30. The Kier molecular flexibility index (Phi) is 5.48. The number of carbonyl (C=O) groups excluding carboxylic acids is 1. The van der Waals surface area contributed by atoms with Gasteiger partial charge in [-0.2, -0.15) is 0 Å². The molecule has 2 rings (SSSR count). The number of nitrogens with one attached hydrogen (secondary N) is 1. The van der Waals surface area contributed by atoms with Crippen LogP contribution in [0, 0.1) is 5.92 Å². The van der Waals surface area contributed by atoms with Crippen molar-refractivity contribution in [1.29, 1.82) is 0 Å². The van der Waals surface area contributed by atoms with Crippen molar-refractivity contribution in [2.75, 3.05) is 20.2 Å². The van der Waals surface area contributed by atoms with Gasteiger partial charge in [0, 0.05) is 19.1 Å². The molecule has 6 heteroatoms. The smallest absolute Gasteiger partial charge is 0.409 e. The van der Waals surface area contributed by atoms with Crippen LogP contribution in [0.1, 0.15) is 25.5 Å². The van der Waals surface area contributed by atoms with Gasteiger partial charge in [0.2, 0.25) is 0 Å². The van der Waals surface area contributed by atoms with Crippen molar-refractivity contribution in [3.05, 3.63) is 22.6 Å². The summed E-state index contributed by atoms with van der Waals surface area (Å²) in [6.45, 7) is 4.46. The fourth-order valence-electron chi connectivity index (χ4n) is 2.59. The van der Waals surface area contributed by atoms with Gasteiger partial charge >= 0.3 is 6.09 Å². The van der Waals surface area contributed by atoms with Gasteiger partial charge in [0.05, 0.1) is 13.7 Å². The Morgan fingerprint density at radius 3 is 2.80 bits per heavy atom. The molecule has 1 aliphatic rings. The molecule has 1 aromatic rings. The number of halogens is 1. The molecule has 2 heterocycles. The fraction of sp³-hybridized carbons (Fsp3) is 0.643. The predicted molar refractivity (Wildman–Crippen MR) is 79.4 cm³/mol. The third-order valence-electron chi connectivity index (χ3n) is 3.91. The van der Waals surface area contributed by atoms with E-state index in [1.807, 2.05) is 12.1 Å². The molecule has 0 saturated carbocycles. The van der Waals surface area contributed by atoms with Crippen LogP contribution in [-0.4, -0.2) is 37.2 Å². The number of ether oxygens (including phenoxy) is 1. The highest BCUT2D eigenvalue weighted by molar-refractivity contribution is 9.10. The quantitative estimate of drug-likeness (QED) is 0.912. The minimum absolute atomic E-state index is 0.218. The molecule has 1 N–H and O–H groups in total. The number of methoxy groups -OCH3 is 1. The average molecular weight is 345 g/mol. The number of rotatable bonds is 4. The minimum atomic E-state index is -0.218. The zero-order valence-electron chi connectivity index (χ0n) is 11.9. The number of furan rings is 1. The Morgan fingerprint density at radius 2 is 2.25 bits per heavy atom. The summed E-state index contributed by atoms with van der Waals surface area (Å²) in [5.41, 5.74) is 0. The molecule has 1 aliphatic heterocycles. The maximum atomic E-state index is 11.4. The first-order valence-electron chi connectivity index (χ1n) is 6.90. The molecular formula is C14H21BrN2O3. The minimum Gasteiger partial charge on any atom is -0.453 e. The second-order valence-electron chi connectivity index (χ2n) is 5.17. The Morgan fingerprint density at radius 1 is 1.55 bits per heavy atom. The topological polar surface area (TPSA) is 54.7 Å². The Hall–Kier alpha value is -1.01. The first-order chi connectivity index (χ1) is 9.60. The molecule has 0 spiro atoms. The lowest BCUT2D eigenvalue weighted by Gasteiger charge is -2.34. The molecule has 1 fully saturated rings. The van der Waals surface area contributed by atoms with Gasteiger partial charge in [-0.3, -0.25) is 0 Å². The molecule has 1 saturated heterocycles. The van der Waals surface area contributed by atoms with Crippen molar-refractivity contribution in [2.45, 2.75) is 32.4 Å². The third kappa shape index (κ3) is 3.99. The normalized spacial score (nSPS) is 18.1. The van der Waals surface area contributed by atoms with Crippen LogP contribution >= 0.6 is 15.9 Å². The molecule has 0 bridgehead atoms. The molecule has 0 unspecified atom stereocenters. The average Bonchev–Trinajstić information content (AvgIpc) is 2.89.